The quantitative estimate of drug-likeness (QED) is 0.718. The van der Waals surface area contributed by atoms with Gasteiger partial charge in [0.25, 0.3) is 0 Å². The lowest BCUT2D eigenvalue weighted by atomic mass is 10.1. The predicted octanol–water partition coefficient (Wildman–Crippen LogP) is 3.45. The van der Waals surface area contributed by atoms with Crippen molar-refractivity contribution < 1.29 is 4.74 Å². The predicted molar refractivity (Wildman–Crippen MR) is 51.9 cm³/mol. The molecule has 0 saturated carbocycles. The fraction of sp³-hybridized carbons (Fsp3) is 0.333. The van der Waals surface area contributed by atoms with E-state index in [0.29, 0.717) is 16.7 Å². The molecular weight excluding hydrogens is 195 g/mol. The Morgan fingerprint density at radius 3 is 2.58 bits per heavy atom. The Hall–Kier alpha value is -0.240. The Morgan fingerprint density at radius 2 is 2.00 bits per heavy atom. The maximum atomic E-state index is 6.01. The Labute approximate surface area is 82.2 Å². The van der Waals surface area contributed by atoms with Crippen LogP contribution in [0.5, 0.6) is 0 Å². The number of halogens is 2. The second-order valence-electron chi connectivity index (χ2n) is 2.58. The Kier molecular flexibility index (Phi) is 3.39. The standard InChI is InChI=1S/C9H10Cl2O/c1-6-8(10)4-3-7(5-12-2)9(6)11/h3-4H,5H2,1-2H3. The summed E-state index contributed by atoms with van der Waals surface area (Å²) in [6.45, 7) is 2.42. The van der Waals surface area contributed by atoms with Crippen LogP contribution in [0.15, 0.2) is 12.1 Å². The first kappa shape index (κ1) is 9.85. The molecule has 0 aromatic heterocycles. The third-order valence-electron chi connectivity index (χ3n) is 1.70. The summed E-state index contributed by atoms with van der Waals surface area (Å²) in [6, 6.07) is 3.71. The topological polar surface area (TPSA) is 9.23 Å². The largest absolute Gasteiger partial charge is 0.380 e. The highest BCUT2D eigenvalue weighted by atomic mass is 35.5. The molecular formula is C9H10Cl2O. The molecule has 0 saturated heterocycles. The maximum Gasteiger partial charge on any atom is 0.0727 e. The van der Waals surface area contributed by atoms with Gasteiger partial charge in [0.15, 0.2) is 0 Å². The van der Waals surface area contributed by atoms with Gasteiger partial charge in [0.05, 0.1) is 11.6 Å². The van der Waals surface area contributed by atoms with E-state index in [0.717, 1.165) is 11.1 Å². The second-order valence-corrected chi connectivity index (χ2v) is 3.36. The van der Waals surface area contributed by atoms with Gasteiger partial charge in [-0.15, -0.1) is 0 Å². The summed E-state index contributed by atoms with van der Waals surface area (Å²) < 4.78 is 4.98. The summed E-state index contributed by atoms with van der Waals surface area (Å²) in [4.78, 5) is 0. The summed E-state index contributed by atoms with van der Waals surface area (Å²) in [5.74, 6) is 0. The molecule has 3 heteroatoms. The summed E-state index contributed by atoms with van der Waals surface area (Å²) >= 11 is 11.9. The molecule has 12 heavy (non-hydrogen) atoms. The van der Waals surface area contributed by atoms with Crippen molar-refractivity contribution in [2.45, 2.75) is 13.5 Å². The molecule has 0 heterocycles. The van der Waals surface area contributed by atoms with Crippen molar-refractivity contribution in [2.75, 3.05) is 7.11 Å². The monoisotopic (exact) mass is 204 g/mol. The highest BCUT2D eigenvalue weighted by Crippen LogP contribution is 2.27. The molecule has 0 atom stereocenters. The van der Waals surface area contributed by atoms with Crippen molar-refractivity contribution in [2.24, 2.45) is 0 Å². The molecule has 0 aliphatic rings. The van der Waals surface area contributed by atoms with E-state index in [1.54, 1.807) is 7.11 Å². The van der Waals surface area contributed by atoms with Gasteiger partial charge in [0, 0.05) is 12.1 Å². The first-order valence-corrected chi connectivity index (χ1v) is 4.35. The molecule has 0 bridgehead atoms. The van der Waals surface area contributed by atoms with E-state index in [9.17, 15) is 0 Å². The van der Waals surface area contributed by atoms with Gasteiger partial charge >= 0.3 is 0 Å². The molecule has 0 unspecified atom stereocenters. The van der Waals surface area contributed by atoms with Crippen LogP contribution in [0.3, 0.4) is 0 Å². The van der Waals surface area contributed by atoms with E-state index in [1.807, 2.05) is 19.1 Å². The molecule has 1 aromatic carbocycles. The van der Waals surface area contributed by atoms with Crippen LogP contribution >= 0.6 is 23.2 Å². The van der Waals surface area contributed by atoms with Crippen molar-refractivity contribution in [3.05, 3.63) is 33.3 Å². The van der Waals surface area contributed by atoms with Crippen molar-refractivity contribution >= 4 is 23.2 Å². The molecule has 0 spiro atoms. The van der Waals surface area contributed by atoms with Gasteiger partial charge in [-0.2, -0.15) is 0 Å². The summed E-state index contributed by atoms with van der Waals surface area (Å²) in [7, 11) is 1.64. The number of hydrogen-bond donors (Lipinski definition) is 0. The molecule has 0 aliphatic heterocycles. The van der Waals surface area contributed by atoms with Crippen molar-refractivity contribution in [3.8, 4) is 0 Å². The van der Waals surface area contributed by atoms with Crippen LogP contribution in [0.4, 0.5) is 0 Å². The zero-order chi connectivity index (χ0) is 9.14. The minimum atomic E-state index is 0.525. The van der Waals surface area contributed by atoms with Gasteiger partial charge in [-0.3, -0.25) is 0 Å². The van der Waals surface area contributed by atoms with Crippen molar-refractivity contribution in [1.82, 2.24) is 0 Å². The third kappa shape index (κ3) is 1.92. The lowest BCUT2D eigenvalue weighted by Gasteiger charge is -2.06. The van der Waals surface area contributed by atoms with Crippen LogP contribution in [0.1, 0.15) is 11.1 Å². The maximum absolute atomic E-state index is 6.01. The fourth-order valence-corrected chi connectivity index (χ4v) is 1.41. The molecule has 66 valence electrons. The highest BCUT2D eigenvalue weighted by Gasteiger charge is 2.05. The van der Waals surface area contributed by atoms with Crippen molar-refractivity contribution in [3.63, 3.8) is 0 Å². The lowest BCUT2D eigenvalue weighted by Crippen LogP contribution is -1.91. The second kappa shape index (κ2) is 4.13. The molecule has 0 amide bonds. The van der Waals surface area contributed by atoms with Crippen LogP contribution in [0.2, 0.25) is 10.0 Å². The van der Waals surface area contributed by atoms with E-state index in [4.69, 9.17) is 27.9 Å². The van der Waals surface area contributed by atoms with E-state index in [1.165, 1.54) is 0 Å². The SMILES string of the molecule is COCc1ccc(Cl)c(C)c1Cl. The number of benzene rings is 1. The summed E-state index contributed by atoms with van der Waals surface area (Å²) in [5, 5.41) is 1.39. The summed E-state index contributed by atoms with van der Waals surface area (Å²) in [6.07, 6.45) is 0. The van der Waals surface area contributed by atoms with E-state index >= 15 is 0 Å². The van der Waals surface area contributed by atoms with E-state index in [2.05, 4.69) is 0 Å². The Balaban J connectivity index is 3.08. The Bertz CT molecular complexity index is 284. The number of rotatable bonds is 2. The molecule has 1 rings (SSSR count). The van der Waals surface area contributed by atoms with Crippen LogP contribution < -0.4 is 0 Å². The molecule has 1 aromatic rings. The summed E-state index contributed by atoms with van der Waals surface area (Å²) in [5.41, 5.74) is 1.88. The van der Waals surface area contributed by atoms with Crippen molar-refractivity contribution in [1.29, 1.82) is 0 Å². The van der Waals surface area contributed by atoms with Gasteiger partial charge in [-0.05, 0) is 24.1 Å². The average Bonchev–Trinajstić information content (AvgIpc) is 2.07. The Morgan fingerprint density at radius 1 is 1.33 bits per heavy atom. The number of hydrogen-bond acceptors (Lipinski definition) is 1. The zero-order valence-corrected chi connectivity index (χ0v) is 8.54. The highest BCUT2D eigenvalue weighted by molar-refractivity contribution is 6.36. The number of ether oxygens (including phenoxy) is 1. The van der Waals surface area contributed by atoms with Crippen LogP contribution in [-0.2, 0) is 11.3 Å². The smallest absolute Gasteiger partial charge is 0.0727 e. The fourth-order valence-electron chi connectivity index (χ4n) is 0.985. The zero-order valence-electron chi connectivity index (χ0n) is 7.03. The van der Waals surface area contributed by atoms with Crippen LogP contribution in [0.25, 0.3) is 0 Å². The molecule has 0 fully saturated rings. The molecule has 0 radical (unpaired) electrons. The van der Waals surface area contributed by atoms with E-state index < -0.39 is 0 Å². The van der Waals surface area contributed by atoms with E-state index in [-0.39, 0.29) is 0 Å². The first-order valence-electron chi connectivity index (χ1n) is 3.59. The third-order valence-corrected chi connectivity index (χ3v) is 2.64. The minimum Gasteiger partial charge on any atom is -0.380 e. The molecule has 0 N–H and O–H groups in total. The van der Waals surface area contributed by atoms with Crippen LogP contribution in [0, 0.1) is 6.92 Å². The molecule has 0 aliphatic carbocycles. The van der Waals surface area contributed by atoms with Crippen LogP contribution in [-0.4, -0.2) is 7.11 Å². The normalized spacial score (nSPS) is 10.3. The number of methoxy groups -OCH3 is 1. The lowest BCUT2D eigenvalue weighted by molar-refractivity contribution is 0.185. The molecule has 1 nitrogen and oxygen atoms in total. The first-order chi connectivity index (χ1) is 5.66. The van der Waals surface area contributed by atoms with Gasteiger partial charge in [-0.1, -0.05) is 29.3 Å². The average molecular weight is 205 g/mol. The minimum absolute atomic E-state index is 0.525. The van der Waals surface area contributed by atoms with Gasteiger partial charge in [-0.25, -0.2) is 0 Å². The van der Waals surface area contributed by atoms with Gasteiger partial charge in [0.2, 0.25) is 0 Å². The van der Waals surface area contributed by atoms with Gasteiger partial charge in [0.1, 0.15) is 0 Å². The van der Waals surface area contributed by atoms with Gasteiger partial charge < -0.3 is 4.74 Å².